The topological polar surface area (TPSA) is 30.7 Å². The van der Waals surface area contributed by atoms with Crippen molar-refractivity contribution in [3.8, 4) is 5.69 Å². The van der Waals surface area contributed by atoms with Crippen LogP contribution in [0.2, 0.25) is 5.02 Å². The Morgan fingerprint density at radius 1 is 1.29 bits per heavy atom. The fourth-order valence-electron chi connectivity index (χ4n) is 2.26. The number of fused-ring (bicyclic) bond motifs is 1. The van der Waals surface area contributed by atoms with Crippen LogP contribution in [0.25, 0.3) is 16.9 Å². The number of imidazole rings is 1. The van der Waals surface area contributed by atoms with Gasteiger partial charge in [-0.1, -0.05) is 17.7 Å². The minimum atomic E-state index is -0.390. The molecule has 0 aliphatic heterocycles. The molecule has 1 aromatic carbocycles. The lowest BCUT2D eigenvalue weighted by molar-refractivity contribution is 0.615. The molecule has 2 heterocycles. The number of pyridine rings is 1. The zero-order chi connectivity index (χ0) is 15.1. The highest BCUT2D eigenvalue weighted by Crippen LogP contribution is 2.29. The van der Waals surface area contributed by atoms with E-state index < -0.39 is 5.38 Å². The Morgan fingerprint density at radius 2 is 2.05 bits per heavy atom. The third kappa shape index (κ3) is 2.49. The first-order valence-electron chi connectivity index (χ1n) is 6.42. The second-order valence-electron chi connectivity index (χ2n) is 4.87. The van der Waals surface area contributed by atoms with Gasteiger partial charge in [-0.25, -0.2) is 14.4 Å². The van der Waals surface area contributed by atoms with Crippen LogP contribution in [0.5, 0.6) is 0 Å². The zero-order valence-corrected chi connectivity index (χ0v) is 13.0. The molecule has 0 radical (unpaired) electrons. The zero-order valence-electron chi connectivity index (χ0n) is 11.4. The maximum absolute atomic E-state index is 14.3. The molecule has 21 heavy (non-hydrogen) atoms. The first-order valence-corrected chi connectivity index (χ1v) is 7.23. The molecule has 0 saturated carbocycles. The number of aromatic nitrogens is 3. The fourth-order valence-corrected chi connectivity index (χ4v) is 2.55. The van der Waals surface area contributed by atoms with E-state index in [-0.39, 0.29) is 5.82 Å². The second kappa shape index (κ2) is 5.28. The van der Waals surface area contributed by atoms with Gasteiger partial charge in [-0.2, -0.15) is 0 Å². The summed E-state index contributed by atoms with van der Waals surface area (Å²) >= 11 is 12.1. The monoisotopic (exact) mass is 323 g/mol. The van der Waals surface area contributed by atoms with Crippen molar-refractivity contribution in [2.45, 2.75) is 19.2 Å². The van der Waals surface area contributed by atoms with Crippen molar-refractivity contribution in [2.75, 3.05) is 0 Å². The number of hydrogen-bond acceptors (Lipinski definition) is 2. The molecule has 3 nitrogen and oxygen atoms in total. The molecule has 108 valence electrons. The summed E-state index contributed by atoms with van der Waals surface area (Å²) in [6.07, 6.45) is 1.51. The van der Waals surface area contributed by atoms with Crippen LogP contribution in [0.1, 0.15) is 23.7 Å². The summed E-state index contributed by atoms with van der Waals surface area (Å²) in [6.45, 7) is 3.62. The first-order chi connectivity index (χ1) is 9.97. The van der Waals surface area contributed by atoms with Crippen LogP contribution in [0.15, 0.2) is 30.5 Å². The second-order valence-corrected chi connectivity index (χ2v) is 5.96. The van der Waals surface area contributed by atoms with Gasteiger partial charge in [0.25, 0.3) is 0 Å². The molecule has 0 aliphatic rings. The van der Waals surface area contributed by atoms with Gasteiger partial charge < -0.3 is 0 Å². The van der Waals surface area contributed by atoms with Crippen molar-refractivity contribution in [3.05, 3.63) is 52.7 Å². The standard InChI is InChI=1S/C15H12Cl2FN3/c1-8-3-4-13(11(18)5-8)21-14(9(2)16)20-12-6-10(17)7-19-15(12)21/h3-7,9H,1-2H3. The molecule has 0 amide bonds. The van der Waals surface area contributed by atoms with Crippen LogP contribution in [0, 0.1) is 12.7 Å². The number of benzene rings is 1. The summed E-state index contributed by atoms with van der Waals surface area (Å²) in [7, 11) is 0. The maximum atomic E-state index is 14.3. The van der Waals surface area contributed by atoms with Crippen LogP contribution in [0.3, 0.4) is 0 Å². The van der Waals surface area contributed by atoms with Crippen molar-refractivity contribution >= 4 is 34.4 Å². The van der Waals surface area contributed by atoms with Crippen molar-refractivity contribution in [1.82, 2.24) is 14.5 Å². The summed E-state index contributed by atoms with van der Waals surface area (Å²) in [5.41, 5.74) is 2.34. The number of rotatable bonds is 2. The number of alkyl halides is 1. The molecular formula is C15H12Cl2FN3. The Morgan fingerprint density at radius 3 is 2.71 bits per heavy atom. The van der Waals surface area contributed by atoms with E-state index in [1.165, 1.54) is 12.3 Å². The van der Waals surface area contributed by atoms with Gasteiger partial charge in [0.15, 0.2) is 5.65 Å². The highest BCUT2D eigenvalue weighted by atomic mass is 35.5. The van der Waals surface area contributed by atoms with Crippen LogP contribution in [0.4, 0.5) is 4.39 Å². The molecule has 0 bridgehead atoms. The Hall–Kier alpha value is -1.65. The lowest BCUT2D eigenvalue weighted by Crippen LogP contribution is -2.05. The normalized spacial score (nSPS) is 12.8. The smallest absolute Gasteiger partial charge is 0.164 e. The maximum Gasteiger partial charge on any atom is 0.164 e. The van der Waals surface area contributed by atoms with Gasteiger partial charge >= 0.3 is 0 Å². The minimum absolute atomic E-state index is 0.343. The number of hydrogen-bond donors (Lipinski definition) is 0. The average molecular weight is 324 g/mol. The van der Waals surface area contributed by atoms with E-state index in [9.17, 15) is 4.39 Å². The van der Waals surface area contributed by atoms with E-state index in [2.05, 4.69) is 9.97 Å². The van der Waals surface area contributed by atoms with Gasteiger partial charge in [0.2, 0.25) is 0 Å². The number of aryl methyl sites for hydroxylation is 1. The highest BCUT2D eigenvalue weighted by Gasteiger charge is 2.19. The predicted octanol–water partition coefficient (Wildman–Crippen LogP) is 4.82. The quantitative estimate of drug-likeness (QED) is 0.633. The van der Waals surface area contributed by atoms with Crippen LogP contribution in [-0.2, 0) is 0 Å². The largest absolute Gasteiger partial charge is 0.276 e. The Bertz CT molecular complexity index is 827. The van der Waals surface area contributed by atoms with E-state index in [0.717, 1.165) is 5.56 Å². The van der Waals surface area contributed by atoms with Gasteiger partial charge in [0.05, 0.1) is 16.1 Å². The summed E-state index contributed by atoms with van der Waals surface area (Å²) in [5.74, 6) is 0.189. The molecule has 0 fully saturated rings. The Balaban J connectivity index is 2.36. The summed E-state index contributed by atoms with van der Waals surface area (Å²) < 4.78 is 16.0. The van der Waals surface area contributed by atoms with E-state index in [0.29, 0.717) is 27.7 Å². The molecular weight excluding hydrogens is 312 g/mol. The van der Waals surface area contributed by atoms with E-state index in [1.54, 1.807) is 23.6 Å². The number of halogens is 3. The molecule has 3 aromatic rings. The van der Waals surface area contributed by atoms with E-state index >= 15 is 0 Å². The first kappa shape index (κ1) is 14.3. The summed E-state index contributed by atoms with van der Waals surface area (Å²) in [5, 5.41) is 0.0870. The van der Waals surface area contributed by atoms with Gasteiger partial charge in [0, 0.05) is 6.20 Å². The fraction of sp³-hybridized carbons (Fsp3) is 0.200. The van der Waals surface area contributed by atoms with Gasteiger partial charge in [-0.3, -0.25) is 4.57 Å². The molecule has 0 saturated heterocycles. The van der Waals surface area contributed by atoms with Crippen LogP contribution >= 0.6 is 23.2 Å². The highest BCUT2D eigenvalue weighted by molar-refractivity contribution is 6.31. The lowest BCUT2D eigenvalue weighted by Gasteiger charge is -2.11. The average Bonchev–Trinajstić information content (AvgIpc) is 2.77. The van der Waals surface area contributed by atoms with Gasteiger partial charge in [0.1, 0.15) is 17.2 Å². The van der Waals surface area contributed by atoms with Gasteiger partial charge in [-0.15, -0.1) is 11.6 Å². The molecule has 2 aromatic heterocycles. The molecule has 1 unspecified atom stereocenters. The molecule has 0 spiro atoms. The molecule has 1 atom stereocenters. The van der Waals surface area contributed by atoms with Crippen LogP contribution < -0.4 is 0 Å². The SMILES string of the molecule is Cc1ccc(-n2c(C(C)Cl)nc3cc(Cl)cnc32)c(F)c1. The van der Waals surface area contributed by atoms with Crippen molar-refractivity contribution in [1.29, 1.82) is 0 Å². The van der Waals surface area contributed by atoms with Crippen molar-refractivity contribution < 1.29 is 4.39 Å². The minimum Gasteiger partial charge on any atom is -0.276 e. The molecule has 0 N–H and O–H groups in total. The summed E-state index contributed by atoms with van der Waals surface area (Å²) in [4.78, 5) is 8.70. The van der Waals surface area contributed by atoms with E-state index in [1.807, 2.05) is 13.0 Å². The van der Waals surface area contributed by atoms with Crippen molar-refractivity contribution in [3.63, 3.8) is 0 Å². The lowest BCUT2D eigenvalue weighted by atomic mass is 10.2. The molecule has 3 rings (SSSR count). The Labute approximate surface area is 131 Å². The Kier molecular flexibility index (Phi) is 3.59. The number of nitrogens with zero attached hydrogens (tertiary/aromatic N) is 3. The van der Waals surface area contributed by atoms with E-state index in [4.69, 9.17) is 23.2 Å². The van der Waals surface area contributed by atoms with Crippen LogP contribution in [-0.4, -0.2) is 14.5 Å². The third-order valence-electron chi connectivity index (χ3n) is 3.19. The summed E-state index contributed by atoms with van der Waals surface area (Å²) in [6, 6.07) is 6.70. The van der Waals surface area contributed by atoms with Gasteiger partial charge in [-0.05, 0) is 37.6 Å². The molecule has 6 heteroatoms. The molecule has 0 aliphatic carbocycles. The third-order valence-corrected chi connectivity index (χ3v) is 3.59. The van der Waals surface area contributed by atoms with Crippen molar-refractivity contribution in [2.24, 2.45) is 0 Å². The predicted molar refractivity (Wildman–Crippen MR) is 82.8 cm³/mol.